The Labute approximate surface area is 106 Å². The molecule has 4 atom stereocenters. The third-order valence-corrected chi connectivity index (χ3v) is 3.29. The van der Waals surface area contributed by atoms with E-state index in [1.54, 1.807) is 6.07 Å². The number of ether oxygens (including phenoxy) is 1. The number of fused-ring (bicyclic) bond motifs is 1. The predicted octanol–water partition coefficient (Wildman–Crippen LogP) is -1.66. The van der Waals surface area contributed by atoms with Crippen LogP contribution in [0.2, 0.25) is 0 Å². The molecule has 1 aliphatic heterocycles. The predicted molar refractivity (Wildman–Crippen MR) is 63.4 cm³/mol. The molecule has 1 aliphatic rings. The summed E-state index contributed by atoms with van der Waals surface area (Å²) in [4.78, 5) is 18.0. The van der Waals surface area contributed by atoms with Gasteiger partial charge in [0.15, 0.2) is 11.7 Å². The van der Waals surface area contributed by atoms with Crippen molar-refractivity contribution in [3.63, 3.8) is 0 Å². The van der Waals surface area contributed by atoms with Gasteiger partial charge in [0.05, 0.1) is 18.5 Å². The lowest BCUT2D eigenvalue weighted by Gasteiger charge is -2.16. The number of pyridine rings is 1. The zero-order chi connectivity index (χ0) is 13.6. The Bertz CT molecular complexity index is 651. The number of nitrogens with zero attached hydrogens (tertiary/aromatic N) is 2. The standard InChI is InChI=1S/C11H13N3O5/c15-3-6-8(16)9(17)11(19-6)14-4-13-7-5(14)1-2-12-10(7)18/h1-2,4,6,8-9,11,15-17H,3H2,(H,12,18). The molecule has 0 aromatic carbocycles. The minimum absolute atomic E-state index is 0.222. The van der Waals surface area contributed by atoms with Crippen LogP contribution in [0, 0.1) is 0 Å². The Morgan fingerprint density at radius 3 is 2.89 bits per heavy atom. The van der Waals surface area contributed by atoms with Gasteiger partial charge < -0.3 is 29.6 Å². The van der Waals surface area contributed by atoms with Crippen molar-refractivity contribution in [1.82, 2.24) is 14.5 Å². The number of aromatic nitrogens is 3. The van der Waals surface area contributed by atoms with Gasteiger partial charge in [-0.05, 0) is 6.07 Å². The first-order valence-electron chi connectivity index (χ1n) is 5.80. The fourth-order valence-corrected chi connectivity index (χ4v) is 2.29. The molecule has 0 spiro atoms. The van der Waals surface area contributed by atoms with Gasteiger partial charge in [0.2, 0.25) is 0 Å². The van der Waals surface area contributed by atoms with Crippen molar-refractivity contribution in [2.45, 2.75) is 24.5 Å². The van der Waals surface area contributed by atoms with Gasteiger partial charge in [0.25, 0.3) is 5.56 Å². The fourth-order valence-electron chi connectivity index (χ4n) is 2.29. The quantitative estimate of drug-likeness (QED) is 0.516. The second-order valence-corrected chi connectivity index (χ2v) is 4.42. The summed E-state index contributed by atoms with van der Waals surface area (Å²) >= 11 is 0. The summed E-state index contributed by atoms with van der Waals surface area (Å²) in [5.74, 6) is 0. The lowest BCUT2D eigenvalue weighted by Crippen LogP contribution is -2.33. The van der Waals surface area contributed by atoms with Crippen LogP contribution in [0.4, 0.5) is 0 Å². The maximum atomic E-state index is 11.5. The fraction of sp³-hybridized carbons (Fsp3) is 0.455. The SMILES string of the molecule is O=c1[nH]ccc2c1ncn2C1OC(CO)C(O)C1O. The highest BCUT2D eigenvalue weighted by Crippen LogP contribution is 2.30. The largest absolute Gasteiger partial charge is 0.394 e. The second kappa shape index (κ2) is 4.42. The van der Waals surface area contributed by atoms with E-state index in [9.17, 15) is 15.0 Å². The number of aromatic amines is 1. The molecule has 0 radical (unpaired) electrons. The van der Waals surface area contributed by atoms with Gasteiger partial charge in [-0.1, -0.05) is 0 Å². The van der Waals surface area contributed by atoms with Crippen LogP contribution in [0.15, 0.2) is 23.4 Å². The third kappa shape index (κ3) is 1.77. The van der Waals surface area contributed by atoms with Crippen molar-refractivity contribution < 1.29 is 20.1 Å². The van der Waals surface area contributed by atoms with Crippen molar-refractivity contribution in [1.29, 1.82) is 0 Å². The summed E-state index contributed by atoms with van der Waals surface area (Å²) in [6.07, 6.45) is -1.31. The molecule has 3 rings (SSSR count). The summed E-state index contributed by atoms with van der Waals surface area (Å²) in [5.41, 5.74) is 0.363. The molecule has 0 saturated carbocycles. The molecule has 19 heavy (non-hydrogen) atoms. The number of aliphatic hydroxyl groups is 3. The second-order valence-electron chi connectivity index (χ2n) is 4.42. The van der Waals surface area contributed by atoms with E-state index in [0.717, 1.165) is 0 Å². The van der Waals surface area contributed by atoms with E-state index in [1.165, 1.54) is 17.1 Å². The highest BCUT2D eigenvalue weighted by Gasteiger charge is 2.43. The molecular weight excluding hydrogens is 254 g/mol. The average molecular weight is 267 g/mol. The molecule has 2 aromatic rings. The monoisotopic (exact) mass is 267 g/mol. The zero-order valence-electron chi connectivity index (χ0n) is 9.80. The van der Waals surface area contributed by atoms with Crippen molar-refractivity contribution in [2.75, 3.05) is 6.61 Å². The highest BCUT2D eigenvalue weighted by atomic mass is 16.6. The van der Waals surface area contributed by atoms with Gasteiger partial charge in [-0.15, -0.1) is 0 Å². The Morgan fingerprint density at radius 2 is 2.21 bits per heavy atom. The molecule has 0 bridgehead atoms. The van der Waals surface area contributed by atoms with Crippen LogP contribution in [0.3, 0.4) is 0 Å². The van der Waals surface area contributed by atoms with E-state index in [1.807, 2.05) is 0 Å². The van der Waals surface area contributed by atoms with E-state index >= 15 is 0 Å². The minimum Gasteiger partial charge on any atom is -0.394 e. The minimum atomic E-state index is -1.20. The third-order valence-electron chi connectivity index (χ3n) is 3.29. The van der Waals surface area contributed by atoms with Crippen LogP contribution in [-0.2, 0) is 4.74 Å². The summed E-state index contributed by atoms with van der Waals surface area (Å²) in [6, 6.07) is 1.62. The molecular formula is C11H13N3O5. The smallest absolute Gasteiger partial charge is 0.276 e. The lowest BCUT2D eigenvalue weighted by atomic mass is 10.1. The van der Waals surface area contributed by atoms with E-state index < -0.39 is 31.1 Å². The first kappa shape index (κ1) is 12.3. The van der Waals surface area contributed by atoms with Gasteiger partial charge in [0, 0.05) is 6.20 Å². The Hall–Kier alpha value is -1.74. The topological polar surface area (TPSA) is 121 Å². The van der Waals surface area contributed by atoms with Crippen LogP contribution in [0.25, 0.3) is 11.0 Å². The molecule has 8 heteroatoms. The van der Waals surface area contributed by atoms with Crippen molar-refractivity contribution in [2.24, 2.45) is 0 Å². The summed E-state index contributed by atoms with van der Waals surface area (Å²) in [5, 5.41) is 28.7. The van der Waals surface area contributed by atoms with Gasteiger partial charge in [-0.25, -0.2) is 4.98 Å². The number of hydrogen-bond acceptors (Lipinski definition) is 6. The van der Waals surface area contributed by atoms with Crippen molar-refractivity contribution in [3.05, 3.63) is 28.9 Å². The Morgan fingerprint density at radius 1 is 1.42 bits per heavy atom. The highest BCUT2D eigenvalue weighted by molar-refractivity contribution is 5.73. The number of aliphatic hydroxyl groups excluding tert-OH is 3. The van der Waals surface area contributed by atoms with Gasteiger partial charge in [-0.3, -0.25) is 4.79 Å². The molecule has 3 heterocycles. The number of imidazole rings is 1. The Kier molecular flexibility index (Phi) is 2.86. The summed E-state index contributed by atoms with van der Waals surface area (Å²) in [7, 11) is 0. The lowest BCUT2D eigenvalue weighted by molar-refractivity contribution is -0.0508. The van der Waals surface area contributed by atoms with Crippen LogP contribution in [0.5, 0.6) is 0 Å². The number of nitrogens with one attached hydrogen (secondary N) is 1. The molecule has 102 valence electrons. The maximum Gasteiger partial charge on any atom is 0.276 e. The first-order valence-corrected chi connectivity index (χ1v) is 5.80. The van der Waals surface area contributed by atoms with Crippen molar-refractivity contribution in [3.8, 4) is 0 Å². The van der Waals surface area contributed by atoms with Crippen molar-refractivity contribution >= 4 is 11.0 Å². The van der Waals surface area contributed by atoms with Gasteiger partial charge >= 0.3 is 0 Å². The maximum absolute atomic E-state index is 11.5. The van der Waals surface area contributed by atoms with Crippen LogP contribution in [0.1, 0.15) is 6.23 Å². The molecule has 1 saturated heterocycles. The number of hydrogen-bond donors (Lipinski definition) is 4. The van der Waals surface area contributed by atoms with Crippen LogP contribution < -0.4 is 5.56 Å². The molecule has 0 aliphatic carbocycles. The zero-order valence-corrected chi connectivity index (χ0v) is 9.80. The number of rotatable bonds is 2. The molecule has 4 unspecified atom stereocenters. The molecule has 1 fully saturated rings. The first-order chi connectivity index (χ1) is 9.13. The normalized spacial score (nSPS) is 31.1. The van der Waals surface area contributed by atoms with Crippen LogP contribution >= 0.6 is 0 Å². The summed E-state index contributed by atoms with van der Waals surface area (Å²) < 4.78 is 6.85. The summed E-state index contributed by atoms with van der Waals surface area (Å²) in [6.45, 7) is -0.401. The van der Waals surface area contributed by atoms with E-state index in [-0.39, 0.29) is 11.1 Å². The molecule has 2 aromatic heterocycles. The van der Waals surface area contributed by atoms with E-state index in [0.29, 0.717) is 5.52 Å². The number of H-pyrrole nitrogens is 1. The molecule has 8 nitrogen and oxygen atoms in total. The van der Waals surface area contributed by atoms with Gasteiger partial charge in [0.1, 0.15) is 18.3 Å². The van der Waals surface area contributed by atoms with Crippen LogP contribution in [-0.4, -0.2) is 54.8 Å². The van der Waals surface area contributed by atoms with E-state index in [2.05, 4.69) is 9.97 Å². The molecule has 0 amide bonds. The average Bonchev–Trinajstić information content (AvgIpc) is 2.94. The Balaban J connectivity index is 2.06. The van der Waals surface area contributed by atoms with Gasteiger partial charge in [-0.2, -0.15) is 0 Å². The molecule has 4 N–H and O–H groups in total. The van der Waals surface area contributed by atoms with E-state index in [4.69, 9.17) is 9.84 Å².